The fourth-order valence-electron chi connectivity index (χ4n) is 6.35. The van der Waals surface area contributed by atoms with Gasteiger partial charge in [-0.05, 0) is 54.8 Å². The molecule has 0 saturated heterocycles. The van der Waals surface area contributed by atoms with Crippen LogP contribution in [-0.4, -0.2) is 39.4 Å². The fraction of sp³-hybridized carbons (Fsp3) is 0.325. The average molecular weight is 695 g/mol. The van der Waals surface area contributed by atoms with Crippen LogP contribution in [-0.2, 0) is 14.4 Å². The van der Waals surface area contributed by atoms with Gasteiger partial charge in [0.15, 0.2) is 0 Å². The molecule has 0 radical (unpaired) electrons. The molecule has 2 aromatic heterocycles. The van der Waals surface area contributed by atoms with Gasteiger partial charge in [-0.15, -0.1) is 0 Å². The number of para-hydroxylation sites is 2. The Kier molecular flexibility index (Phi) is 12.0. The number of benzene rings is 3. The maximum absolute atomic E-state index is 13.4. The minimum atomic E-state index is -1.27. The summed E-state index contributed by atoms with van der Waals surface area (Å²) >= 11 is 0. The van der Waals surface area contributed by atoms with Crippen molar-refractivity contribution in [2.24, 2.45) is 0 Å². The second kappa shape index (κ2) is 16.8. The predicted octanol–water partition coefficient (Wildman–Crippen LogP) is 7.34. The van der Waals surface area contributed by atoms with Gasteiger partial charge in [-0.2, -0.15) is 0 Å². The third-order valence-corrected chi connectivity index (χ3v) is 9.01. The Balaban J connectivity index is 1.25. The summed E-state index contributed by atoms with van der Waals surface area (Å²) in [6, 6.07) is 19.4. The molecule has 5 aromatic rings. The van der Waals surface area contributed by atoms with Crippen molar-refractivity contribution in [1.82, 2.24) is 4.90 Å². The van der Waals surface area contributed by atoms with Gasteiger partial charge >= 0.3 is 11.3 Å². The molecule has 51 heavy (non-hydrogen) atoms. The highest BCUT2D eigenvalue weighted by Gasteiger charge is 2.32. The van der Waals surface area contributed by atoms with Crippen molar-refractivity contribution in [2.75, 3.05) is 11.9 Å². The van der Waals surface area contributed by atoms with Crippen LogP contribution in [0.1, 0.15) is 94.2 Å². The Labute approximate surface area is 294 Å². The van der Waals surface area contributed by atoms with E-state index in [0.29, 0.717) is 37.1 Å². The molecule has 0 unspecified atom stereocenters. The number of hydrogen-bond acceptors (Lipinski definition) is 9. The lowest BCUT2D eigenvalue weighted by Crippen LogP contribution is -2.35. The van der Waals surface area contributed by atoms with Crippen molar-refractivity contribution in [3.05, 3.63) is 110 Å². The number of fused-ring (bicyclic) bond motifs is 2. The molecule has 0 spiro atoms. The van der Waals surface area contributed by atoms with E-state index in [1.165, 1.54) is 11.8 Å². The Morgan fingerprint density at radius 2 is 1.20 bits per heavy atom. The summed E-state index contributed by atoms with van der Waals surface area (Å²) in [5.74, 6) is -2.58. The zero-order valence-corrected chi connectivity index (χ0v) is 28.8. The third-order valence-electron chi connectivity index (χ3n) is 9.01. The number of anilines is 1. The van der Waals surface area contributed by atoms with Gasteiger partial charge in [0, 0.05) is 32.0 Å². The summed E-state index contributed by atoms with van der Waals surface area (Å²) in [5.41, 5.74) is -1.07. The number of nitrogens with one attached hydrogen (secondary N) is 1. The molecule has 266 valence electrons. The largest absolute Gasteiger partial charge is 0.507 e. The number of hydrogen-bond donors (Lipinski definition) is 3. The van der Waals surface area contributed by atoms with E-state index in [1.54, 1.807) is 79.7 Å². The van der Waals surface area contributed by atoms with Crippen molar-refractivity contribution in [3.8, 4) is 11.5 Å². The topological polar surface area (TPSA) is 167 Å². The van der Waals surface area contributed by atoms with E-state index in [9.17, 15) is 34.2 Å². The number of aromatic hydroxyl groups is 2. The van der Waals surface area contributed by atoms with Crippen LogP contribution in [0.4, 0.5) is 5.69 Å². The van der Waals surface area contributed by atoms with E-state index in [2.05, 4.69) is 5.32 Å². The SMILES string of the molecule is CCC(=O)N(CCCCCCCCCC(=O)Nc1ccc(C(c2c(O)c3ccccc3oc2=O)c2c(O)c3ccccc3oc2=O)cc1)C(C)=O. The molecule has 0 atom stereocenters. The zero-order valence-electron chi connectivity index (χ0n) is 28.8. The van der Waals surface area contributed by atoms with Gasteiger partial charge in [0.2, 0.25) is 17.7 Å². The molecule has 3 N–H and O–H groups in total. The predicted molar refractivity (Wildman–Crippen MR) is 194 cm³/mol. The summed E-state index contributed by atoms with van der Waals surface area (Å²) in [4.78, 5) is 64.4. The number of carbonyl (C=O) groups is 3. The smallest absolute Gasteiger partial charge is 0.344 e. The lowest BCUT2D eigenvalue weighted by molar-refractivity contribution is -0.143. The number of unbranched alkanes of at least 4 members (excludes halogenated alkanes) is 6. The summed E-state index contributed by atoms with van der Waals surface area (Å²) < 4.78 is 11.1. The van der Waals surface area contributed by atoms with Crippen LogP contribution >= 0.6 is 0 Å². The number of nitrogens with zero attached hydrogens (tertiary/aromatic N) is 1. The molecular formula is C40H42N2O9. The molecule has 0 fully saturated rings. The molecule has 11 heteroatoms. The molecule has 3 aromatic carbocycles. The molecule has 0 bridgehead atoms. The van der Waals surface area contributed by atoms with Crippen molar-refractivity contribution < 1.29 is 33.4 Å². The van der Waals surface area contributed by atoms with Crippen LogP contribution in [0.2, 0.25) is 0 Å². The number of imide groups is 1. The first-order valence-electron chi connectivity index (χ1n) is 17.3. The Morgan fingerprint density at radius 3 is 1.71 bits per heavy atom. The number of amides is 3. The number of carbonyl (C=O) groups excluding carboxylic acids is 3. The van der Waals surface area contributed by atoms with Crippen LogP contribution in [0.25, 0.3) is 21.9 Å². The molecule has 0 saturated carbocycles. The first-order valence-corrected chi connectivity index (χ1v) is 17.3. The summed E-state index contributed by atoms with van der Waals surface area (Å²) in [6.07, 6.45) is 6.91. The molecule has 0 aliphatic carbocycles. The zero-order chi connectivity index (χ0) is 36.5. The Hall–Kier alpha value is -5.71. The highest BCUT2D eigenvalue weighted by atomic mass is 16.4. The summed E-state index contributed by atoms with van der Waals surface area (Å²) in [6.45, 7) is 3.61. The summed E-state index contributed by atoms with van der Waals surface area (Å²) in [5, 5.41) is 26.1. The number of rotatable bonds is 15. The second-order valence-electron chi connectivity index (χ2n) is 12.5. The van der Waals surface area contributed by atoms with Crippen molar-refractivity contribution in [3.63, 3.8) is 0 Å². The minimum absolute atomic E-state index is 0.146. The monoisotopic (exact) mass is 694 g/mol. The normalized spacial score (nSPS) is 11.3. The first kappa shape index (κ1) is 36.6. The van der Waals surface area contributed by atoms with Gasteiger partial charge < -0.3 is 24.4 Å². The van der Waals surface area contributed by atoms with Gasteiger partial charge in [0.25, 0.3) is 0 Å². The van der Waals surface area contributed by atoms with Gasteiger partial charge in [-0.1, -0.05) is 75.4 Å². The van der Waals surface area contributed by atoms with E-state index in [1.807, 2.05) is 0 Å². The van der Waals surface area contributed by atoms with E-state index < -0.39 is 17.2 Å². The summed E-state index contributed by atoms with van der Waals surface area (Å²) in [7, 11) is 0. The lowest BCUT2D eigenvalue weighted by atomic mass is 9.84. The van der Waals surface area contributed by atoms with E-state index >= 15 is 0 Å². The van der Waals surface area contributed by atoms with E-state index in [4.69, 9.17) is 8.83 Å². The third kappa shape index (κ3) is 8.54. The Morgan fingerprint density at radius 1 is 0.706 bits per heavy atom. The van der Waals surface area contributed by atoms with Crippen molar-refractivity contribution in [2.45, 2.75) is 77.6 Å². The van der Waals surface area contributed by atoms with Gasteiger partial charge in [-0.3, -0.25) is 19.3 Å². The minimum Gasteiger partial charge on any atom is -0.507 e. The maximum Gasteiger partial charge on any atom is 0.344 e. The Bertz CT molecular complexity index is 2050. The van der Waals surface area contributed by atoms with E-state index in [0.717, 1.165) is 38.5 Å². The molecular weight excluding hydrogens is 652 g/mol. The van der Waals surface area contributed by atoms with Gasteiger partial charge in [0.1, 0.15) is 22.7 Å². The van der Waals surface area contributed by atoms with Crippen LogP contribution in [0.15, 0.2) is 91.2 Å². The van der Waals surface area contributed by atoms with Crippen LogP contribution in [0.5, 0.6) is 11.5 Å². The molecule has 0 aliphatic rings. The maximum atomic E-state index is 13.4. The second-order valence-corrected chi connectivity index (χ2v) is 12.5. The highest BCUT2D eigenvalue weighted by molar-refractivity contribution is 5.94. The lowest BCUT2D eigenvalue weighted by Gasteiger charge is -2.20. The highest BCUT2D eigenvalue weighted by Crippen LogP contribution is 2.42. The van der Waals surface area contributed by atoms with Crippen LogP contribution in [0.3, 0.4) is 0 Å². The average Bonchev–Trinajstić information content (AvgIpc) is 3.11. The van der Waals surface area contributed by atoms with E-state index in [-0.39, 0.29) is 62.3 Å². The quantitative estimate of drug-likeness (QED) is 0.0750. The van der Waals surface area contributed by atoms with Crippen LogP contribution < -0.4 is 16.6 Å². The first-order chi connectivity index (χ1) is 24.6. The molecule has 3 amide bonds. The molecule has 0 aliphatic heterocycles. The van der Waals surface area contributed by atoms with Gasteiger partial charge in [-0.25, -0.2) is 9.59 Å². The van der Waals surface area contributed by atoms with Crippen molar-refractivity contribution >= 4 is 45.3 Å². The molecule has 2 heterocycles. The standard InChI is InChI=1S/C40H42N2O9/c1-3-33(45)42(25(2)43)24-14-8-6-4-5-7-9-19-32(44)41-27-22-20-26(21-23-27)34(35-37(46)28-15-10-12-17-30(28)50-39(35)48)36-38(47)29-16-11-13-18-31(29)51-40(36)49/h10-13,15-18,20-23,34,46-47H,3-9,14,19,24H2,1-2H3,(H,41,44). The molecule has 5 rings (SSSR count). The molecule has 11 nitrogen and oxygen atoms in total. The fourth-order valence-corrected chi connectivity index (χ4v) is 6.35. The van der Waals surface area contributed by atoms with Gasteiger partial charge in [0.05, 0.1) is 27.8 Å². The van der Waals surface area contributed by atoms with Crippen LogP contribution in [0, 0.1) is 0 Å². The van der Waals surface area contributed by atoms with Crippen molar-refractivity contribution in [1.29, 1.82) is 0 Å².